The number of carbonyl (C=O) groups excluding carboxylic acids is 1. The van der Waals surface area contributed by atoms with Crippen molar-refractivity contribution in [3.05, 3.63) is 24.0 Å². The van der Waals surface area contributed by atoms with Crippen molar-refractivity contribution in [1.29, 1.82) is 0 Å². The monoisotopic (exact) mass is 416 g/mol. The van der Waals surface area contributed by atoms with Gasteiger partial charge in [0.15, 0.2) is 0 Å². The Morgan fingerprint density at radius 2 is 1.93 bits per heavy atom. The number of nitrogens with two attached hydrogens (primary N) is 1. The van der Waals surface area contributed by atoms with E-state index >= 15 is 0 Å². The number of carbonyl (C=O) groups is 1. The molecule has 0 saturated heterocycles. The highest BCUT2D eigenvalue weighted by Crippen LogP contribution is 2.23. The average Bonchev–Trinajstić information content (AvgIpc) is 2.98. The largest absolute Gasteiger partial charge is 0.465 e. The molecule has 1 unspecified atom stereocenters. The van der Waals surface area contributed by atoms with Crippen molar-refractivity contribution in [2.24, 2.45) is 12.8 Å². The number of aryl methyl sites for hydroxylation is 1. The zero-order valence-electron chi connectivity index (χ0n) is 16.5. The quantitative estimate of drug-likeness (QED) is 0.501. The first-order chi connectivity index (χ1) is 13.0. The molecule has 0 saturated carbocycles. The summed E-state index contributed by atoms with van der Waals surface area (Å²) in [5.74, 6) is 1.38. The van der Waals surface area contributed by atoms with E-state index in [0.717, 1.165) is 22.5 Å². The van der Waals surface area contributed by atoms with Crippen molar-refractivity contribution in [2.45, 2.75) is 33.2 Å². The molecule has 1 atom stereocenters. The Balaban J connectivity index is 0.00000176. The molecule has 0 aliphatic carbocycles. The zero-order valence-corrected chi connectivity index (χ0v) is 18.1. The lowest BCUT2D eigenvalue weighted by molar-refractivity contribution is -0.144. The first-order valence-corrected chi connectivity index (χ1v) is 10.3. The van der Waals surface area contributed by atoms with E-state index in [4.69, 9.17) is 33.7 Å². The van der Waals surface area contributed by atoms with Gasteiger partial charge in [0.05, 0.1) is 17.6 Å². The summed E-state index contributed by atoms with van der Waals surface area (Å²) in [6, 6.07) is 5.32. The van der Waals surface area contributed by atoms with Gasteiger partial charge in [-0.2, -0.15) is 0 Å². The number of nitrogens with zero attached hydrogens (tertiary/aromatic N) is 3. The number of esters is 1. The van der Waals surface area contributed by atoms with Crippen LogP contribution in [0, 0.1) is 0 Å². The molecule has 0 radical (unpaired) electrons. The SMILES string of the molecule is CC.CCOC(=O)C(N)Cc1nc2cc(N(CCCl)CCCl)ccc2n1C. The maximum atomic E-state index is 11.7. The third-order valence-corrected chi connectivity index (χ3v) is 4.36. The summed E-state index contributed by atoms with van der Waals surface area (Å²) in [6.07, 6.45) is 0.326. The van der Waals surface area contributed by atoms with Gasteiger partial charge in [-0.15, -0.1) is 23.2 Å². The molecule has 2 N–H and O–H groups in total. The van der Waals surface area contributed by atoms with E-state index in [0.29, 0.717) is 37.9 Å². The lowest BCUT2D eigenvalue weighted by atomic mass is 10.2. The molecular weight excluding hydrogens is 387 g/mol. The number of ether oxygens (including phenoxy) is 1. The van der Waals surface area contributed by atoms with Crippen LogP contribution in [0.4, 0.5) is 5.69 Å². The Hall–Kier alpha value is -1.50. The van der Waals surface area contributed by atoms with Crippen molar-refractivity contribution in [3.63, 3.8) is 0 Å². The van der Waals surface area contributed by atoms with Gasteiger partial charge in [-0.3, -0.25) is 4.79 Å². The second-order valence-corrected chi connectivity index (χ2v) is 6.44. The number of hydrogen-bond acceptors (Lipinski definition) is 5. The minimum Gasteiger partial charge on any atom is -0.465 e. The number of rotatable bonds is 9. The van der Waals surface area contributed by atoms with Crippen LogP contribution in [0.25, 0.3) is 11.0 Å². The van der Waals surface area contributed by atoms with Crippen LogP contribution in [0.15, 0.2) is 18.2 Å². The van der Waals surface area contributed by atoms with Crippen molar-refractivity contribution >= 4 is 45.9 Å². The number of fused-ring (bicyclic) bond motifs is 1. The van der Waals surface area contributed by atoms with Crippen LogP contribution >= 0.6 is 23.2 Å². The average molecular weight is 417 g/mol. The summed E-state index contributed by atoms with van der Waals surface area (Å²) in [5.41, 5.74) is 8.76. The fourth-order valence-corrected chi connectivity index (χ4v) is 3.13. The molecule has 27 heavy (non-hydrogen) atoms. The maximum Gasteiger partial charge on any atom is 0.323 e. The fourth-order valence-electron chi connectivity index (χ4n) is 2.72. The van der Waals surface area contributed by atoms with E-state index in [1.165, 1.54) is 0 Å². The van der Waals surface area contributed by atoms with Crippen LogP contribution in [0.5, 0.6) is 0 Å². The Kier molecular flexibility index (Phi) is 10.5. The topological polar surface area (TPSA) is 73.4 Å². The molecule has 1 aromatic heterocycles. The molecular formula is C19H30Cl2N4O2. The summed E-state index contributed by atoms with van der Waals surface area (Å²) < 4.78 is 6.91. The van der Waals surface area contributed by atoms with Crippen LogP contribution < -0.4 is 10.6 Å². The lowest BCUT2D eigenvalue weighted by Crippen LogP contribution is -2.35. The lowest BCUT2D eigenvalue weighted by Gasteiger charge is -2.22. The molecule has 152 valence electrons. The van der Waals surface area contributed by atoms with E-state index < -0.39 is 12.0 Å². The van der Waals surface area contributed by atoms with E-state index in [1.54, 1.807) is 6.92 Å². The van der Waals surface area contributed by atoms with Crippen LogP contribution in [-0.2, 0) is 23.0 Å². The highest BCUT2D eigenvalue weighted by atomic mass is 35.5. The van der Waals surface area contributed by atoms with Gasteiger partial charge in [0.1, 0.15) is 11.9 Å². The first kappa shape index (κ1) is 23.5. The number of halogens is 2. The minimum atomic E-state index is -0.723. The standard InChI is InChI=1S/C17H24Cl2N4O2.C2H6/c1-3-25-17(24)13(20)11-16-21-14-10-12(4-5-15(14)22(16)2)23(8-6-18)9-7-19;1-2/h4-5,10,13H,3,6-9,11,20H2,1-2H3;1-2H3. The number of benzene rings is 1. The second kappa shape index (κ2) is 12.1. The third kappa shape index (κ3) is 6.26. The predicted molar refractivity (Wildman–Crippen MR) is 114 cm³/mol. The van der Waals surface area contributed by atoms with Gasteiger partial charge in [0, 0.05) is 44.0 Å². The molecule has 6 nitrogen and oxygen atoms in total. The Morgan fingerprint density at radius 1 is 1.30 bits per heavy atom. The number of hydrogen-bond donors (Lipinski definition) is 1. The molecule has 0 amide bonds. The number of aromatic nitrogens is 2. The van der Waals surface area contributed by atoms with Gasteiger partial charge < -0.3 is 19.9 Å². The van der Waals surface area contributed by atoms with Crippen molar-refractivity contribution in [1.82, 2.24) is 9.55 Å². The van der Waals surface area contributed by atoms with E-state index in [9.17, 15) is 4.79 Å². The summed E-state index contributed by atoms with van der Waals surface area (Å²) in [7, 11) is 1.91. The molecule has 0 fully saturated rings. The van der Waals surface area contributed by atoms with Gasteiger partial charge in [0.2, 0.25) is 0 Å². The molecule has 1 aromatic carbocycles. The smallest absolute Gasteiger partial charge is 0.323 e. The van der Waals surface area contributed by atoms with Gasteiger partial charge in [0.25, 0.3) is 0 Å². The molecule has 1 heterocycles. The van der Waals surface area contributed by atoms with Crippen LogP contribution in [0.2, 0.25) is 0 Å². The second-order valence-electron chi connectivity index (χ2n) is 5.69. The number of anilines is 1. The fraction of sp³-hybridized carbons (Fsp3) is 0.579. The van der Waals surface area contributed by atoms with Crippen molar-refractivity contribution in [2.75, 3.05) is 36.4 Å². The first-order valence-electron chi connectivity index (χ1n) is 9.26. The Bertz CT molecular complexity index is 715. The van der Waals surface area contributed by atoms with Gasteiger partial charge in [-0.1, -0.05) is 13.8 Å². The van der Waals surface area contributed by atoms with Crippen LogP contribution in [0.1, 0.15) is 26.6 Å². The Labute approximate surface area is 171 Å². The predicted octanol–water partition coefficient (Wildman–Crippen LogP) is 3.32. The molecule has 0 spiro atoms. The Morgan fingerprint density at radius 3 is 2.48 bits per heavy atom. The normalized spacial score (nSPS) is 11.7. The van der Waals surface area contributed by atoms with Gasteiger partial charge in [-0.25, -0.2) is 4.98 Å². The van der Waals surface area contributed by atoms with Crippen LogP contribution in [-0.4, -0.2) is 53.0 Å². The maximum absolute atomic E-state index is 11.7. The van der Waals surface area contributed by atoms with Crippen LogP contribution in [0.3, 0.4) is 0 Å². The minimum absolute atomic E-state index is 0.315. The molecule has 8 heteroatoms. The van der Waals surface area contributed by atoms with E-state index in [-0.39, 0.29) is 0 Å². The van der Waals surface area contributed by atoms with Gasteiger partial charge in [-0.05, 0) is 25.1 Å². The third-order valence-electron chi connectivity index (χ3n) is 4.02. The van der Waals surface area contributed by atoms with Crippen molar-refractivity contribution in [3.8, 4) is 0 Å². The molecule has 2 aromatic rings. The molecule has 0 bridgehead atoms. The number of alkyl halides is 2. The van der Waals surface area contributed by atoms with E-state index in [2.05, 4.69) is 9.88 Å². The molecule has 0 aliphatic heterocycles. The highest BCUT2D eigenvalue weighted by molar-refractivity contribution is 6.18. The van der Waals surface area contributed by atoms with Gasteiger partial charge >= 0.3 is 5.97 Å². The van der Waals surface area contributed by atoms with E-state index in [1.807, 2.05) is 43.7 Å². The summed E-state index contributed by atoms with van der Waals surface area (Å²) >= 11 is 11.8. The highest BCUT2D eigenvalue weighted by Gasteiger charge is 2.19. The molecule has 0 aliphatic rings. The molecule has 2 rings (SSSR count). The number of imidazole rings is 1. The summed E-state index contributed by atoms with van der Waals surface area (Å²) in [5, 5.41) is 0. The summed E-state index contributed by atoms with van der Waals surface area (Å²) in [4.78, 5) is 18.5. The zero-order chi connectivity index (χ0) is 20.4. The van der Waals surface area contributed by atoms with Crippen molar-refractivity contribution < 1.29 is 9.53 Å². The summed E-state index contributed by atoms with van der Waals surface area (Å²) in [6.45, 7) is 7.50.